The topological polar surface area (TPSA) is 52.7 Å². The van der Waals surface area contributed by atoms with E-state index in [2.05, 4.69) is 26.0 Å². The summed E-state index contributed by atoms with van der Waals surface area (Å²) in [7, 11) is 0. The number of hydrogen-bond donors (Lipinski definition) is 0. The van der Waals surface area contributed by atoms with Gasteiger partial charge in [-0.3, -0.25) is 14.0 Å². The van der Waals surface area contributed by atoms with Crippen LogP contribution in [0.15, 0.2) is 15.6 Å². The molecule has 0 fully saturated rings. The molecule has 0 aromatic carbocycles. The molecule has 0 N–H and O–H groups in total. The van der Waals surface area contributed by atoms with Gasteiger partial charge in [0.2, 0.25) is 0 Å². The van der Waals surface area contributed by atoms with Crippen LogP contribution in [0.1, 0.15) is 25.2 Å². The van der Waals surface area contributed by atoms with Crippen LogP contribution in [0.5, 0.6) is 0 Å². The van der Waals surface area contributed by atoms with E-state index < -0.39 is 0 Å². The van der Waals surface area contributed by atoms with Gasteiger partial charge < -0.3 is 0 Å². The second kappa shape index (κ2) is 6.28. The van der Waals surface area contributed by atoms with E-state index >= 15 is 0 Å². The maximum atomic E-state index is 12.0. The lowest BCUT2D eigenvalue weighted by molar-refractivity contribution is 0.585. The van der Waals surface area contributed by atoms with Crippen LogP contribution in [-0.2, 0) is 19.5 Å². The average Bonchev–Trinajstić information content (AvgIpc) is 2.75. The summed E-state index contributed by atoms with van der Waals surface area (Å²) in [6.45, 7) is 5.09. The minimum Gasteiger partial charge on any atom is -0.292 e. The molecule has 5 nitrogen and oxygen atoms in total. The molecule has 2 aromatic rings. The van der Waals surface area contributed by atoms with Gasteiger partial charge in [-0.15, -0.1) is 0 Å². The lowest BCUT2D eigenvalue weighted by Gasteiger charge is -2.08. The summed E-state index contributed by atoms with van der Waals surface area (Å²) in [4.78, 5) is 15.9. The Morgan fingerprint density at radius 2 is 2.05 bits per heavy atom. The standard InChI is InChI=1S/C12H13BrCl2N4O/c1-3-7-9(13)8(19(4-2)17-7)5-18-6-16-11(15)10(14)12(18)20/h6H,3-5H2,1-2H3. The Morgan fingerprint density at radius 1 is 1.35 bits per heavy atom. The first kappa shape index (κ1) is 15.5. The molecule has 2 heterocycles. The molecule has 0 radical (unpaired) electrons. The van der Waals surface area contributed by atoms with Crippen molar-refractivity contribution in [3.8, 4) is 0 Å². The van der Waals surface area contributed by atoms with E-state index in [4.69, 9.17) is 23.2 Å². The fourth-order valence-electron chi connectivity index (χ4n) is 1.89. The quantitative estimate of drug-likeness (QED) is 0.766. The van der Waals surface area contributed by atoms with Crippen molar-refractivity contribution < 1.29 is 0 Å². The highest BCUT2D eigenvalue weighted by molar-refractivity contribution is 9.10. The molecule has 2 aromatic heterocycles. The Labute approximate surface area is 134 Å². The zero-order chi connectivity index (χ0) is 14.9. The van der Waals surface area contributed by atoms with Crippen LogP contribution in [0.25, 0.3) is 0 Å². The molecular weight excluding hydrogens is 367 g/mol. The van der Waals surface area contributed by atoms with Crippen molar-refractivity contribution in [2.24, 2.45) is 0 Å². The first-order chi connectivity index (χ1) is 9.49. The van der Waals surface area contributed by atoms with Crippen molar-refractivity contribution in [2.45, 2.75) is 33.4 Å². The predicted molar refractivity (Wildman–Crippen MR) is 82.6 cm³/mol. The van der Waals surface area contributed by atoms with Crippen LogP contribution in [0, 0.1) is 0 Å². The Bertz CT molecular complexity index is 695. The highest BCUT2D eigenvalue weighted by Crippen LogP contribution is 2.23. The summed E-state index contributed by atoms with van der Waals surface area (Å²) in [6.07, 6.45) is 2.21. The van der Waals surface area contributed by atoms with Gasteiger partial charge in [-0.25, -0.2) is 4.98 Å². The monoisotopic (exact) mass is 378 g/mol. The van der Waals surface area contributed by atoms with Gasteiger partial charge in [0.05, 0.1) is 28.7 Å². The molecule has 8 heteroatoms. The molecule has 2 rings (SSSR count). The van der Waals surface area contributed by atoms with Gasteiger partial charge in [-0.2, -0.15) is 5.10 Å². The number of aryl methyl sites for hydroxylation is 2. The van der Waals surface area contributed by atoms with E-state index in [1.165, 1.54) is 10.9 Å². The molecule has 0 bridgehead atoms. The van der Waals surface area contributed by atoms with Crippen molar-refractivity contribution in [2.75, 3.05) is 0 Å². The van der Waals surface area contributed by atoms with E-state index in [0.717, 1.165) is 28.8 Å². The molecule has 0 atom stereocenters. The summed E-state index contributed by atoms with van der Waals surface area (Å²) in [6, 6.07) is 0. The third-order valence-corrected chi connectivity index (χ3v) is 4.59. The van der Waals surface area contributed by atoms with E-state index in [1.54, 1.807) is 0 Å². The highest BCUT2D eigenvalue weighted by atomic mass is 79.9. The van der Waals surface area contributed by atoms with Crippen molar-refractivity contribution in [1.29, 1.82) is 0 Å². The normalized spacial score (nSPS) is 11.1. The maximum Gasteiger partial charge on any atom is 0.274 e. The van der Waals surface area contributed by atoms with Crippen LogP contribution in [-0.4, -0.2) is 19.3 Å². The number of aromatic nitrogens is 4. The van der Waals surface area contributed by atoms with Crippen LogP contribution >= 0.6 is 39.1 Å². The number of hydrogen-bond acceptors (Lipinski definition) is 3. The second-order valence-electron chi connectivity index (χ2n) is 4.16. The lowest BCUT2D eigenvalue weighted by Crippen LogP contribution is -2.23. The number of rotatable bonds is 4. The van der Waals surface area contributed by atoms with Crippen molar-refractivity contribution in [3.05, 3.63) is 42.7 Å². The van der Waals surface area contributed by atoms with Gasteiger partial charge in [0.1, 0.15) is 5.02 Å². The van der Waals surface area contributed by atoms with Crippen molar-refractivity contribution in [1.82, 2.24) is 19.3 Å². The van der Waals surface area contributed by atoms with Gasteiger partial charge >= 0.3 is 0 Å². The van der Waals surface area contributed by atoms with Gasteiger partial charge in [-0.1, -0.05) is 30.1 Å². The van der Waals surface area contributed by atoms with Gasteiger partial charge in [0.15, 0.2) is 5.15 Å². The Kier molecular flexibility index (Phi) is 4.88. The summed E-state index contributed by atoms with van der Waals surface area (Å²) in [5, 5.41) is 4.44. The molecule has 108 valence electrons. The summed E-state index contributed by atoms with van der Waals surface area (Å²) in [5.41, 5.74) is 1.51. The molecule has 0 saturated carbocycles. The molecule has 0 aliphatic carbocycles. The zero-order valence-corrected chi connectivity index (χ0v) is 14.1. The summed E-state index contributed by atoms with van der Waals surface area (Å²) < 4.78 is 4.19. The predicted octanol–water partition coefficient (Wildman–Crippen LogP) is 3.14. The summed E-state index contributed by atoms with van der Waals surface area (Å²) >= 11 is 15.1. The summed E-state index contributed by atoms with van der Waals surface area (Å²) in [5.74, 6) is 0. The lowest BCUT2D eigenvalue weighted by atomic mass is 10.3. The van der Waals surface area contributed by atoms with Crippen LogP contribution in [0.3, 0.4) is 0 Å². The SMILES string of the molecule is CCc1nn(CC)c(Cn2cnc(Cl)c(Cl)c2=O)c1Br. The minimum absolute atomic E-state index is 0.0187. The molecule has 20 heavy (non-hydrogen) atoms. The average molecular weight is 380 g/mol. The van der Waals surface area contributed by atoms with Gasteiger partial charge in [0, 0.05) is 6.54 Å². The fraction of sp³-hybridized carbons (Fsp3) is 0.417. The molecular formula is C12H13BrCl2N4O. The van der Waals surface area contributed by atoms with E-state index in [0.29, 0.717) is 6.54 Å². The molecule has 0 aliphatic rings. The smallest absolute Gasteiger partial charge is 0.274 e. The van der Waals surface area contributed by atoms with Crippen LogP contribution < -0.4 is 5.56 Å². The van der Waals surface area contributed by atoms with E-state index in [9.17, 15) is 4.79 Å². The second-order valence-corrected chi connectivity index (χ2v) is 5.69. The minimum atomic E-state index is -0.361. The molecule has 0 saturated heterocycles. The van der Waals surface area contributed by atoms with Gasteiger partial charge in [0.25, 0.3) is 5.56 Å². The molecule has 0 spiro atoms. The first-order valence-electron chi connectivity index (χ1n) is 6.14. The highest BCUT2D eigenvalue weighted by Gasteiger charge is 2.16. The van der Waals surface area contributed by atoms with Crippen molar-refractivity contribution >= 4 is 39.1 Å². The third kappa shape index (κ3) is 2.77. The Morgan fingerprint density at radius 3 is 2.65 bits per heavy atom. The van der Waals surface area contributed by atoms with Gasteiger partial charge in [-0.05, 0) is 29.3 Å². The molecule has 0 amide bonds. The van der Waals surface area contributed by atoms with Crippen LogP contribution in [0.4, 0.5) is 0 Å². The Hall–Kier alpha value is -0.850. The van der Waals surface area contributed by atoms with E-state index in [1.807, 2.05) is 18.5 Å². The van der Waals surface area contributed by atoms with Crippen LogP contribution in [0.2, 0.25) is 10.2 Å². The van der Waals surface area contributed by atoms with E-state index in [-0.39, 0.29) is 15.7 Å². The maximum absolute atomic E-state index is 12.0. The number of nitrogens with zero attached hydrogens (tertiary/aromatic N) is 4. The zero-order valence-electron chi connectivity index (χ0n) is 11.0. The first-order valence-corrected chi connectivity index (χ1v) is 7.68. The Balaban J connectivity index is 2.47. The third-order valence-electron chi connectivity index (χ3n) is 2.95. The largest absolute Gasteiger partial charge is 0.292 e. The molecule has 0 unspecified atom stereocenters. The van der Waals surface area contributed by atoms with Crippen molar-refractivity contribution in [3.63, 3.8) is 0 Å². The molecule has 0 aliphatic heterocycles. The fourth-order valence-corrected chi connectivity index (χ4v) is 2.86. The number of halogens is 3.